The number of thioether (sulfide) groups is 1. The molecule has 4 amide bonds. The third kappa shape index (κ3) is 3.93. The van der Waals surface area contributed by atoms with Crippen molar-refractivity contribution in [3.05, 3.63) is 58.4 Å². The lowest BCUT2D eigenvalue weighted by Gasteiger charge is -2.45. The average molecular weight is 651 g/mol. The van der Waals surface area contributed by atoms with Crippen molar-refractivity contribution in [1.29, 1.82) is 0 Å². The number of carbonyl (C=O) groups excluding carboxylic acids is 6. The molecule has 1 aromatic carbocycles. The summed E-state index contributed by atoms with van der Waals surface area (Å²) < 4.78 is 10.6. The first-order valence-corrected chi connectivity index (χ1v) is 15.8. The van der Waals surface area contributed by atoms with Gasteiger partial charge in [0, 0.05) is 29.5 Å². The lowest BCUT2D eigenvalue weighted by molar-refractivity contribution is -0.163. The number of hydrogen-bond donors (Lipinski definition) is 3. The van der Waals surface area contributed by atoms with Crippen LogP contribution in [-0.2, 0) is 39.9 Å². The number of piperazine rings is 1. The van der Waals surface area contributed by atoms with Gasteiger partial charge in [0.05, 0.1) is 29.8 Å². The number of nitrogens with two attached hydrogens (primary N) is 2. The zero-order valence-electron chi connectivity index (χ0n) is 25.6. The third-order valence-electron chi connectivity index (χ3n) is 10.1. The van der Waals surface area contributed by atoms with Gasteiger partial charge < -0.3 is 41.0 Å². The van der Waals surface area contributed by atoms with E-state index in [-0.39, 0.29) is 59.8 Å². The predicted octanol–water partition coefficient (Wildman–Crippen LogP) is -0.622. The number of primary amides is 1. The molecule has 1 aromatic rings. The van der Waals surface area contributed by atoms with E-state index < -0.39 is 63.6 Å². The molecule has 4 fully saturated rings. The Morgan fingerprint density at radius 3 is 2.46 bits per heavy atom. The Kier molecular flexibility index (Phi) is 6.63. The summed E-state index contributed by atoms with van der Waals surface area (Å²) in [5.74, 6) is -2.89. The SMILES string of the molecule is COC12C(COC(N)=O)C3=C(C(=O)C(C)=C(N)C3=O)N1CC1C2N1C(=O)C1N2C(=O)C(NC(=O)Cc3ccccc3)C2SC1(C)C. The molecule has 14 nitrogen and oxygen atoms in total. The van der Waals surface area contributed by atoms with Gasteiger partial charge in [-0.25, -0.2) is 4.79 Å². The first kappa shape index (κ1) is 30.3. The smallest absolute Gasteiger partial charge is 0.404 e. The molecule has 7 unspecified atom stereocenters. The Labute approximate surface area is 268 Å². The number of ether oxygens (including phenoxy) is 2. The van der Waals surface area contributed by atoms with E-state index in [4.69, 9.17) is 20.9 Å². The van der Waals surface area contributed by atoms with E-state index >= 15 is 0 Å². The fourth-order valence-electron chi connectivity index (χ4n) is 8.07. The van der Waals surface area contributed by atoms with E-state index in [2.05, 4.69) is 5.32 Å². The second-order valence-corrected chi connectivity index (χ2v) is 14.7. The Morgan fingerprint density at radius 2 is 1.80 bits per heavy atom. The Balaban J connectivity index is 1.13. The van der Waals surface area contributed by atoms with Gasteiger partial charge in [0.15, 0.2) is 5.72 Å². The molecule has 46 heavy (non-hydrogen) atoms. The molecular weight excluding hydrogens is 616 g/mol. The number of ketones is 2. The van der Waals surface area contributed by atoms with E-state index in [1.807, 2.05) is 44.2 Å². The number of β-lactam (4-membered cyclic amide) rings is 1. The summed E-state index contributed by atoms with van der Waals surface area (Å²) >= 11 is 1.45. The van der Waals surface area contributed by atoms with Gasteiger partial charge in [-0.05, 0) is 26.3 Å². The zero-order valence-corrected chi connectivity index (χ0v) is 26.5. The van der Waals surface area contributed by atoms with Crippen LogP contribution in [0.25, 0.3) is 0 Å². The highest BCUT2D eigenvalue weighted by molar-refractivity contribution is 8.01. The van der Waals surface area contributed by atoms with Crippen molar-refractivity contribution < 1.29 is 38.2 Å². The summed E-state index contributed by atoms with van der Waals surface area (Å²) in [5.41, 5.74) is 10.8. The van der Waals surface area contributed by atoms with Crippen molar-refractivity contribution in [2.45, 2.75) is 67.2 Å². The number of hydrogen-bond acceptors (Lipinski definition) is 11. The summed E-state index contributed by atoms with van der Waals surface area (Å²) in [4.78, 5) is 84.1. The number of amides is 4. The van der Waals surface area contributed by atoms with Crippen LogP contribution in [0.3, 0.4) is 0 Å². The molecule has 0 radical (unpaired) electrons. The number of allylic oxidation sites excluding steroid dienone is 2. The van der Waals surface area contributed by atoms with Gasteiger partial charge >= 0.3 is 6.09 Å². The van der Waals surface area contributed by atoms with E-state index in [1.54, 1.807) is 14.7 Å². The van der Waals surface area contributed by atoms with Crippen LogP contribution in [0, 0.1) is 5.92 Å². The maximum Gasteiger partial charge on any atom is 0.404 e. The highest BCUT2D eigenvalue weighted by Gasteiger charge is 2.79. The second-order valence-electron chi connectivity index (χ2n) is 12.9. The van der Waals surface area contributed by atoms with Crippen molar-refractivity contribution in [2.75, 3.05) is 20.3 Å². The van der Waals surface area contributed by atoms with Gasteiger partial charge in [0.2, 0.25) is 29.3 Å². The number of nitrogens with one attached hydrogen (secondary N) is 1. The molecule has 15 heteroatoms. The van der Waals surface area contributed by atoms with Crippen molar-refractivity contribution in [2.24, 2.45) is 17.4 Å². The summed E-state index contributed by atoms with van der Waals surface area (Å²) in [6.45, 7) is 5.06. The van der Waals surface area contributed by atoms with Gasteiger partial charge in [0.1, 0.15) is 30.1 Å². The first-order chi connectivity index (χ1) is 21.8. The minimum Gasteiger partial charge on any atom is -0.449 e. The Bertz CT molecular complexity index is 1690. The molecule has 0 saturated carbocycles. The van der Waals surface area contributed by atoms with Crippen molar-refractivity contribution >= 4 is 47.1 Å². The van der Waals surface area contributed by atoms with Crippen LogP contribution in [-0.4, -0.2) is 110 Å². The highest BCUT2D eigenvalue weighted by atomic mass is 32.2. The van der Waals surface area contributed by atoms with Gasteiger partial charge in [-0.1, -0.05) is 30.3 Å². The van der Waals surface area contributed by atoms with Gasteiger partial charge in [-0.3, -0.25) is 24.0 Å². The average Bonchev–Trinajstić information content (AvgIpc) is 3.40. The zero-order chi connectivity index (χ0) is 33.0. The number of nitrogens with zero attached hydrogens (tertiary/aromatic N) is 3. The minimum absolute atomic E-state index is 0.0674. The Morgan fingerprint density at radius 1 is 1.11 bits per heavy atom. The number of fused-ring (bicyclic) bond motifs is 5. The molecule has 7 atom stereocenters. The highest BCUT2D eigenvalue weighted by Crippen LogP contribution is 2.61. The molecule has 5 N–H and O–H groups in total. The maximum absolute atomic E-state index is 14.4. The van der Waals surface area contributed by atoms with Crippen LogP contribution in [0.5, 0.6) is 0 Å². The van der Waals surface area contributed by atoms with Crippen LogP contribution < -0.4 is 16.8 Å². The minimum atomic E-state index is -1.42. The number of benzene rings is 1. The molecule has 0 aromatic heterocycles. The number of Topliss-reactive ketones (excluding diaryl/α,β-unsaturated/α-hetero) is 2. The van der Waals surface area contributed by atoms with Crippen LogP contribution in [0.1, 0.15) is 26.3 Å². The van der Waals surface area contributed by atoms with Crippen molar-refractivity contribution in [3.63, 3.8) is 0 Å². The van der Waals surface area contributed by atoms with Crippen LogP contribution >= 0.6 is 11.8 Å². The molecule has 6 aliphatic rings. The summed E-state index contributed by atoms with van der Waals surface area (Å²) in [5, 5.41) is 2.43. The second kappa shape index (κ2) is 10.1. The van der Waals surface area contributed by atoms with Crippen molar-refractivity contribution in [3.8, 4) is 0 Å². The summed E-state index contributed by atoms with van der Waals surface area (Å²) in [7, 11) is 1.41. The van der Waals surface area contributed by atoms with E-state index in [1.165, 1.54) is 25.8 Å². The molecule has 5 heterocycles. The van der Waals surface area contributed by atoms with Gasteiger partial charge in [0.25, 0.3) is 0 Å². The summed E-state index contributed by atoms with van der Waals surface area (Å²) in [6.07, 6.45) is -0.943. The van der Waals surface area contributed by atoms with E-state index in [0.717, 1.165) is 5.56 Å². The Hall–Kier alpha value is -4.37. The monoisotopic (exact) mass is 650 g/mol. The number of methoxy groups -OCH3 is 1. The molecule has 4 saturated heterocycles. The standard InChI is InChI=1S/C31H34N6O8S/c1-13-19(32)23(40)18-15(12-45-29(33)43)31(44-4)24-16(11-35(31)21(18)22(13)39)36(24)27(42)25-30(2,3)46-28-20(26(41)37(25)28)34-17(38)10-14-8-6-5-7-9-14/h5-9,15-16,20,24-25,28H,10-12,32H2,1-4H3,(H2,33,43)(H,34,38). The summed E-state index contributed by atoms with van der Waals surface area (Å²) in [6, 6.07) is 6.59. The van der Waals surface area contributed by atoms with E-state index in [0.29, 0.717) is 0 Å². The quantitative estimate of drug-likeness (QED) is 0.193. The van der Waals surface area contributed by atoms with Crippen LogP contribution in [0.15, 0.2) is 52.9 Å². The third-order valence-corrected chi connectivity index (χ3v) is 11.7. The normalized spacial score (nSPS) is 33.4. The van der Waals surface area contributed by atoms with Gasteiger partial charge in [-0.15, -0.1) is 11.8 Å². The topological polar surface area (TPSA) is 194 Å². The molecule has 7 rings (SSSR count). The number of carbonyl (C=O) groups is 6. The molecular formula is C31H34N6O8S. The molecule has 0 spiro atoms. The molecule has 242 valence electrons. The van der Waals surface area contributed by atoms with Crippen molar-refractivity contribution in [1.82, 2.24) is 20.0 Å². The maximum atomic E-state index is 14.4. The molecule has 5 aliphatic heterocycles. The first-order valence-electron chi connectivity index (χ1n) is 15.0. The fourth-order valence-corrected chi connectivity index (χ4v) is 9.70. The number of rotatable bonds is 7. The van der Waals surface area contributed by atoms with E-state index in [9.17, 15) is 28.8 Å². The molecule has 1 aliphatic carbocycles. The fraction of sp³-hybridized carbons (Fsp3) is 0.484. The largest absolute Gasteiger partial charge is 0.449 e. The van der Waals surface area contributed by atoms with Crippen LogP contribution in [0.4, 0.5) is 4.79 Å². The predicted molar refractivity (Wildman–Crippen MR) is 162 cm³/mol. The van der Waals surface area contributed by atoms with Crippen LogP contribution in [0.2, 0.25) is 0 Å². The lowest BCUT2D eigenvalue weighted by atomic mass is 9.82. The lowest BCUT2D eigenvalue weighted by Crippen LogP contribution is -2.71. The van der Waals surface area contributed by atoms with Gasteiger partial charge in [-0.2, -0.15) is 0 Å². The molecule has 0 bridgehead atoms.